The molecule has 0 radical (unpaired) electrons. The number of benzene rings is 1. The van der Waals surface area contributed by atoms with E-state index in [-0.39, 0.29) is 4.64 Å². The second-order valence-corrected chi connectivity index (χ2v) is 5.36. The molecule has 0 aliphatic carbocycles. The van der Waals surface area contributed by atoms with Gasteiger partial charge < -0.3 is 9.94 Å². The Morgan fingerprint density at radius 2 is 1.89 bits per heavy atom. The molecule has 0 saturated carbocycles. The first-order valence-corrected chi connectivity index (χ1v) is 6.93. The number of aryl methyl sites for hydroxylation is 2. The summed E-state index contributed by atoms with van der Waals surface area (Å²) in [4.78, 5) is 0. The van der Waals surface area contributed by atoms with E-state index in [0.29, 0.717) is 16.7 Å². The molecule has 0 saturated heterocycles. The summed E-state index contributed by atoms with van der Waals surface area (Å²) in [6, 6.07) is 9.23. The Bertz CT molecular complexity index is 781. The maximum Gasteiger partial charge on any atom is 0.238 e. The van der Waals surface area contributed by atoms with Crippen LogP contribution in [0, 0.1) is 23.7 Å². The lowest BCUT2D eigenvalue weighted by Gasteiger charge is -2.13. The predicted octanol–water partition coefficient (Wildman–Crippen LogP) is 2.45. The maximum absolute atomic E-state index is 11.5. The fourth-order valence-corrected chi connectivity index (χ4v) is 2.59. The van der Waals surface area contributed by atoms with Crippen LogP contribution in [-0.4, -0.2) is 13.1 Å². The van der Waals surface area contributed by atoms with E-state index >= 15 is 0 Å². The van der Waals surface area contributed by atoms with E-state index in [1.54, 1.807) is 12.1 Å². The Morgan fingerprint density at radius 1 is 1.16 bits per heavy atom. The van der Waals surface area contributed by atoms with Gasteiger partial charge in [-0.15, -0.1) is 0 Å². The summed E-state index contributed by atoms with van der Waals surface area (Å²) in [5.74, 6) is 0. The van der Waals surface area contributed by atoms with Gasteiger partial charge in [-0.05, 0) is 42.8 Å². The zero-order valence-electron chi connectivity index (χ0n) is 10.8. The maximum atomic E-state index is 11.5. The van der Waals surface area contributed by atoms with Crippen molar-refractivity contribution >= 4 is 10.3 Å². The fourth-order valence-electron chi connectivity index (χ4n) is 2.03. The third-order valence-corrected chi connectivity index (χ3v) is 3.80. The van der Waals surface area contributed by atoms with Crippen molar-refractivity contribution in [3.8, 4) is 0 Å². The van der Waals surface area contributed by atoms with Gasteiger partial charge in [0.05, 0.1) is 0 Å². The van der Waals surface area contributed by atoms with E-state index < -0.39 is 10.3 Å². The second kappa shape index (κ2) is 5.32. The molecule has 0 spiro atoms. The quantitative estimate of drug-likeness (QED) is 0.791. The van der Waals surface area contributed by atoms with E-state index in [1.807, 2.05) is 32.0 Å². The van der Waals surface area contributed by atoms with Gasteiger partial charge in [0.25, 0.3) is 0 Å². The first-order chi connectivity index (χ1) is 8.99. The topological polar surface area (TPSA) is 62.1 Å². The van der Waals surface area contributed by atoms with Crippen LogP contribution in [0.3, 0.4) is 0 Å². The molecule has 5 heteroatoms. The summed E-state index contributed by atoms with van der Waals surface area (Å²) >= 11 is 0. The third kappa shape index (κ3) is 2.88. The first-order valence-electron chi connectivity index (χ1n) is 5.85. The number of hydrogen-bond acceptors (Lipinski definition) is 3. The molecule has 1 aromatic carbocycles. The molecule has 0 aliphatic heterocycles. The van der Waals surface area contributed by atoms with Gasteiger partial charge in [0, 0.05) is 6.42 Å². The smallest absolute Gasteiger partial charge is 0.238 e. The molecule has 2 rings (SSSR count). The van der Waals surface area contributed by atoms with Gasteiger partial charge in [0.2, 0.25) is 10.3 Å². The van der Waals surface area contributed by atoms with Crippen LogP contribution in [0.4, 0.5) is 0 Å². The lowest BCUT2D eigenvalue weighted by molar-refractivity contribution is 0.623. The minimum atomic E-state index is -2.54. The molecular weight excluding hydrogens is 262 g/mol. The van der Waals surface area contributed by atoms with Gasteiger partial charge in [-0.25, -0.2) is 0 Å². The van der Waals surface area contributed by atoms with Crippen LogP contribution >= 0.6 is 0 Å². The highest BCUT2D eigenvalue weighted by molar-refractivity contribution is 7.63. The summed E-state index contributed by atoms with van der Waals surface area (Å²) < 4.78 is 22.5. The summed E-state index contributed by atoms with van der Waals surface area (Å²) in [5.41, 5.74) is 3.73. The zero-order valence-corrected chi connectivity index (χ0v) is 11.6. The van der Waals surface area contributed by atoms with Gasteiger partial charge in [0.15, 0.2) is 4.64 Å². The van der Waals surface area contributed by atoms with E-state index in [0.717, 1.165) is 16.7 Å². The molecule has 100 valence electrons. The molecule has 0 aliphatic rings. The largest absolute Gasteiger partial charge is 0.805 e. The Kier molecular flexibility index (Phi) is 3.76. The number of hydrogen-bond donors (Lipinski definition) is 0. The molecule has 0 atom stereocenters. The SMILES string of the molecule is Cc1ccc(C)c(Cc2cccn([O-])c2=S(=O)=O)c1. The Labute approximate surface area is 113 Å². The van der Waals surface area contributed by atoms with E-state index in [4.69, 9.17) is 0 Å². The van der Waals surface area contributed by atoms with Crippen LogP contribution in [0.25, 0.3) is 0 Å². The van der Waals surface area contributed by atoms with Crippen LogP contribution in [0.15, 0.2) is 36.5 Å². The number of pyridine rings is 1. The number of rotatable bonds is 2. The van der Waals surface area contributed by atoms with Gasteiger partial charge >= 0.3 is 0 Å². The molecular formula is C14H14NO3S-. The van der Waals surface area contributed by atoms with Crippen molar-refractivity contribution in [2.45, 2.75) is 20.3 Å². The van der Waals surface area contributed by atoms with Gasteiger partial charge in [0.1, 0.15) is 0 Å². The zero-order chi connectivity index (χ0) is 14.0. The average molecular weight is 276 g/mol. The van der Waals surface area contributed by atoms with Crippen LogP contribution in [0.5, 0.6) is 0 Å². The minimum Gasteiger partial charge on any atom is -0.805 e. The Balaban J connectivity index is 2.60. The van der Waals surface area contributed by atoms with Gasteiger partial charge in [-0.1, -0.05) is 29.8 Å². The molecule has 0 N–H and O–H groups in total. The number of aromatic nitrogens is 1. The second-order valence-electron chi connectivity index (χ2n) is 4.51. The van der Waals surface area contributed by atoms with Crippen molar-refractivity contribution < 1.29 is 8.42 Å². The highest BCUT2D eigenvalue weighted by Gasteiger charge is 2.04. The summed E-state index contributed by atoms with van der Waals surface area (Å²) in [6.45, 7) is 3.95. The standard InChI is InChI=1S/C14H14NO3S/c1-10-5-6-11(2)13(8-10)9-12-4-3-7-15(16)14(12)19(17)18/h3-8H,9H2,1-2H3/q-1. The van der Waals surface area contributed by atoms with Gasteiger partial charge in [-0.2, -0.15) is 8.42 Å². The van der Waals surface area contributed by atoms with Crippen molar-refractivity contribution in [1.82, 2.24) is 4.73 Å². The van der Waals surface area contributed by atoms with Crippen molar-refractivity contribution in [3.63, 3.8) is 0 Å². The van der Waals surface area contributed by atoms with Crippen molar-refractivity contribution in [2.75, 3.05) is 0 Å². The van der Waals surface area contributed by atoms with Crippen LogP contribution < -0.4 is 0 Å². The predicted molar refractivity (Wildman–Crippen MR) is 74.1 cm³/mol. The minimum absolute atomic E-state index is 0.205. The molecule has 0 bridgehead atoms. The van der Waals surface area contributed by atoms with Crippen LogP contribution in [0.1, 0.15) is 22.3 Å². The van der Waals surface area contributed by atoms with Crippen molar-refractivity contribution in [1.29, 1.82) is 0 Å². The lowest BCUT2D eigenvalue weighted by atomic mass is 10.00. The molecule has 0 unspecified atom stereocenters. The van der Waals surface area contributed by atoms with Crippen LogP contribution in [0.2, 0.25) is 0 Å². The monoisotopic (exact) mass is 276 g/mol. The molecule has 4 nitrogen and oxygen atoms in total. The average Bonchev–Trinajstić information content (AvgIpc) is 2.33. The molecule has 1 heterocycles. The van der Waals surface area contributed by atoms with Crippen molar-refractivity contribution in [3.05, 3.63) is 68.6 Å². The van der Waals surface area contributed by atoms with Crippen LogP contribution in [-0.2, 0) is 16.7 Å². The molecule has 1 aromatic heterocycles. The lowest BCUT2D eigenvalue weighted by Crippen LogP contribution is -2.00. The first kappa shape index (κ1) is 13.4. The molecule has 19 heavy (non-hydrogen) atoms. The summed E-state index contributed by atoms with van der Waals surface area (Å²) in [6.07, 6.45) is 1.62. The van der Waals surface area contributed by atoms with E-state index in [9.17, 15) is 13.6 Å². The Morgan fingerprint density at radius 3 is 2.58 bits per heavy atom. The Hall–Kier alpha value is -2.01. The van der Waals surface area contributed by atoms with E-state index in [2.05, 4.69) is 0 Å². The highest BCUT2D eigenvalue weighted by Crippen LogP contribution is 2.16. The van der Waals surface area contributed by atoms with Gasteiger partial charge in [-0.3, -0.25) is 0 Å². The molecule has 2 aromatic rings. The summed E-state index contributed by atoms with van der Waals surface area (Å²) in [7, 11) is -2.54. The molecule has 0 amide bonds. The van der Waals surface area contributed by atoms with E-state index in [1.165, 1.54) is 6.20 Å². The fraction of sp³-hybridized carbons (Fsp3) is 0.214. The molecule has 0 fully saturated rings. The third-order valence-electron chi connectivity index (χ3n) is 3.04. The number of nitrogens with zero attached hydrogens (tertiary/aromatic N) is 1. The highest BCUT2D eigenvalue weighted by atomic mass is 32.2. The van der Waals surface area contributed by atoms with Crippen molar-refractivity contribution in [2.24, 2.45) is 0 Å². The normalized spacial score (nSPS) is 10.4. The summed E-state index contributed by atoms with van der Waals surface area (Å²) in [5, 5.41) is 11.5.